The summed E-state index contributed by atoms with van der Waals surface area (Å²) >= 11 is 0. The van der Waals surface area contributed by atoms with E-state index in [0.29, 0.717) is 24.1 Å². The highest BCUT2D eigenvalue weighted by Gasteiger charge is 2.59. The van der Waals surface area contributed by atoms with E-state index in [1.807, 2.05) is 12.1 Å². The summed E-state index contributed by atoms with van der Waals surface area (Å²) in [5.41, 5.74) is 1.07. The van der Waals surface area contributed by atoms with Gasteiger partial charge in [0.15, 0.2) is 0 Å². The molecule has 0 spiro atoms. The number of benzene rings is 1. The van der Waals surface area contributed by atoms with E-state index in [4.69, 9.17) is 4.74 Å². The second kappa shape index (κ2) is 6.40. The molecule has 24 heavy (non-hydrogen) atoms. The van der Waals surface area contributed by atoms with Gasteiger partial charge in [0.1, 0.15) is 5.82 Å². The maximum absolute atomic E-state index is 13.8. The van der Waals surface area contributed by atoms with Crippen LogP contribution in [0.3, 0.4) is 0 Å². The molecule has 2 heterocycles. The first-order valence-electron chi connectivity index (χ1n) is 9.39. The summed E-state index contributed by atoms with van der Waals surface area (Å²) in [5, 5.41) is 3.93. The Morgan fingerprint density at radius 1 is 1.21 bits per heavy atom. The van der Waals surface area contributed by atoms with Crippen LogP contribution >= 0.6 is 0 Å². The SMILES string of the molecule is CC1(C)C(NC2CCN(Cc3ccccc3F)CC2)C2CCOC21. The van der Waals surface area contributed by atoms with Crippen LogP contribution in [0.15, 0.2) is 24.3 Å². The number of halogens is 1. The van der Waals surface area contributed by atoms with Crippen molar-refractivity contribution in [1.82, 2.24) is 10.2 Å². The number of fused-ring (bicyclic) bond motifs is 1. The number of likely N-dealkylation sites (tertiary alicyclic amines) is 1. The quantitative estimate of drug-likeness (QED) is 0.916. The van der Waals surface area contributed by atoms with Gasteiger partial charge in [-0.3, -0.25) is 4.90 Å². The second-order valence-electron chi connectivity index (χ2n) is 8.35. The second-order valence-corrected chi connectivity index (χ2v) is 8.35. The lowest BCUT2D eigenvalue weighted by molar-refractivity contribution is -0.116. The van der Waals surface area contributed by atoms with Gasteiger partial charge in [0.2, 0.25) is 0 Å². The van der Waals surface area contributed by atoms with E-state index in [-0.39, 0.29) is 11.2 Å². The fraction of sp³-hybridized carbons (Fsp3) is 0.700. The molecule has 1 saturated carbocycles. The Hall–Kier alpha value is -0.970. The molecule has 0 amide bonds. The monoisotopic (exact) mass is 332 g/mol. The minimum Gasteiger partial charge on any atom is -0.377 e. The van der Waals surface area contributed by atoms with Crippen LogP contribution in [0.5, 0.6) is 0 Å². The summed E-state index contributed by atoms with van der Waals surface area (Å²) < 4.78 is 19.7. The lowest BCUT2D eigenvalue weighted by Gasteiger charge is -2.56. The van der Waals surface area contributed by atoms with Gasteiger partial charge in [-0.1, -0.05) is 32.0 Å². The Morgan fingerprint density at radius 3 is 2.71 bits per heavy atom. The number of nitrogens with one attached hydrogen (secondary N) is 1. The highest BCUT2D eigenvalue weighted by atomic mass is 19.1. The molecule has 1 N–H and O–H groups in total. The van der Waals surface area contributed by atoms with Crippen LogP contribution in [0, 0.1) is 17.2 Å². The third-order valence-electron chi connectivity index (χ3n) is 6.46. The Bertz CT molecular complexity index is 583. The molecule has 3 aliphatic rings. The van der Waals surface area contributed by atoms with Crippen molar-refractivity contribution in [2.45, 2.75) is 57.8 Å². The average Bonchev–Trinajstić information content (AvgIpc) is 3.03. The molecule has 4 heteroatoms. The summed E-state index contributed by atoms with van der Waals surface area (Å²) in [6.07, 6.45) is 3.97. The van der Waals surface area contributed by atoms with Gasteiger partial charge in [-0.25, -0.2) is 4.39 Å². The molecule has 0 radical (unpaired) electrons. The molecule has 0 aromatic heterocycles. The fourth-order valence-corrected chi connectivity index (χ4v) is 5.04. The van der Waals surface area contributed by atoms with E-state index in [1.165, 1.54) is 6.42 Å². The molecule has 1 aliphatic carbocycles. The van der Waals surface area contributed by atoms with E-state index < -0.39 is 0 Å². The predicted octanol–water partition coefficient (Wildman–Crippen LogP) is 3.19. The molecule has 1 aromatic carbocycles. The number of nitrogens with zero attached hydrogens (tertiary/aromatic N) is 1. The predicted molar refractivity (Wildman–Crippen MR) is 93.3 cm³/mol. The molecule has 2 saturated heterocycles. The topological polar surface area (TPSA) is 24.5 Å². The molecule has 3 unspecified atom stereocenters. The zero-order chi connectivity index (χ0) is 16.7. The zero-order valence-electron chi connectivity index (χ0n) is 14.8. The highest BCUT2D eigenvalue weighted by molar-refractivity contribution is 5.17. The largest absolute Gasteiger partial charge is 0.377 e. The summed E-state index contributed by atoms with van der Waals surface area (Å²) in [5.74, 6) is 0.623. The van der Waals surface area contributed by atoms with Gasteiger partial charge in [0, 0.05) is 42.1 Å². The van der Waals surface area contributed by atoms with Crippen molar-refractivity contribution < 1.29 is 9.13 Å². The van der Waals surface area contributed by atoms with Crippen molar-refractivity contribution in [2.75, 3.05) is 19.7 Å². The molecule has 4 rings (SSSR count). The maximum atomic E-state index is 13.8. The smallest absolute Gasteiger partial charge is 0.127 e. The summed E-state index contributed by atoms with van der Waals surface area (Å²) in [7, 11) is 0. The third kappa shape index (κ3) is 2.89. The van der Waals surface area contributed by atoms with Crippen LogP contribution in [-0.2, 0) is 11.3 Å². The van der Waals surface area contributed by atoms with Crippen LogP contribution in [-0.4, -0.2) is 42.8 Å². The van der Waals surface area contributed by atoms with Crippen LogP contribution < -0.4 is 5.32 Å². The molecule has 132 valence electrons. The van der Waals surface area contributed by atoms with Crippen LogP contribution in [0.25, 0.3) is 0 Å². The van der Waals surface area contributed by atoms with Crippen molar-refractivity contribution in [2.24, 2.45) is 11.3 Å². The molecule has 1 aromatic rings. The zero-order valence-corrected chi connectivity index (χ0v) is 14.8. The van der Waals surface area contributed by atoms with E-state index in [0.717, 1.165) is 44.6 Å². The normalized spacial score (nSPS) is 33.2. The van der Waals surface area contributed by atoms with Gasteiger partial charge >= 0.3 is 0 Å². The molecule has 3 nitrogen and oxygen atoms in total. The molecule has 2 aliphatic heterocycles. The van der Waals surface area contributed by atoms with E-state index in [1.54, 1.807) is 12.1 Å². The minimum atomic E-state index is -0.0822. The highest BCUT2D eigenvalue weighted by Crippen LogP contribution is 2.52. The number of hydrogen-bond donors (Lipinski definition) is 1. The summed E-state index contributed by atoms with van der Waals surface area (Å²) in [4.78, 5) is 2.38. The Kier molecular flexibility index (Phi) is 4.40. The molecule has 3 atom stereocenters. The number of piperidine rings is 1. The van der Waals surface area contributed by atoms with Gasteiger partial charge in [-0.05, 0) is 38.4 Å². The molecular weight excluding hydrogens is 303 g/mol. The van der Waals surface area contributed by atoms with Crippen LogP contribution in [0.2, 0.25) is 0 Å². The molecule has 0 bridgehead atoms. The first kappa shape index (κ1) is 16.5. The average molecular weight is 332 g/mol. The molecular formula is C20H29FN2O. The first-order chi connectivity index (χ1) is 11.6. The Morgan fingerprint density at radius 2 is 1.96 bits per heavy atom. The lowest BCUT2D eigenvalue weighted by atomic mass is 9.57. The standard InChI is InChI=1S/C20H29FN2O/c1-20(2)18(16-9-12-24-19(16)20)22-15-7-10-23(11-8-15)13-14-5-3-4-6-17(14)21/h3-6,15-16,18-19,22H,7-13H2,1-2H3. The van der Waals surface area contributed by atoms with Crippen molar-refractivity contribution in [3.8, 4) is 0 Å². The number of hydrogen-bond acceptors (Lipinski definition) is 3. The van der Waals surface area contributed by atoms with Gasteiger partial charge in [-0.15, -0.1) is 0 Å². The first-order valence-corrected chi connectivity index (χ1v) is 9.39. The van der Waals surface area contributed by atoms with Gasteiger partial charge < -0.3 is 10.1 Å². The summed E-state index contributed by atoms with van der Waals surface area (Å²) in [6, 6.07) is 8.32. The van der Waals surface area contributed by atoms with Crippen LogP contribution in [0.1, 0.15) is 38.7 Å². The fourth-order valence-electron chi connectivity index (χ4n) is 5.04. The van der Waals surface area contributed by atoms with Gasteiger partial charge in [0.25, 0.3) is 0 Å². The summed E-state index contributed by atoms with van der Waals surface area (Å²) in [6.45, 7) is 8.42. The van der Waals surface area contributed by atoms with Gasteiger partial charge in [-0.2, -0.15) is 0 Å². The number of rotatable bonds is 4. The van der Waals surface area contributed by atoms with Crippen molar-refractivity contribution in [3.05, 3.63) is 35.6 Å². The Balaban J connectivity index is 1.28. The van der Waals surface area contributed by atoms with Gasteiger partial charge in [0.05, 0.1) is 6.10 Å². The van der Waals surface area contributed by atoms with Crippen molar-refractivity contribution in [1.29, 1.82) is 0 Å². The maximum Gasteiger partial charge on any atom is 0.127 e. The van der Waals surface area contributed by atoms with E-state index in [2.05, 4.69) is 24.1 Å². The number of ether oxygens (including phenoxy) is 1. The van der Waals surface area contributed by atoms with E-state index >= 15 is 0 Å². The Labute approximate surface area is 144 Å². The third-order valence-corrected chi connectivity index (χ3v) is 6.46. The molecule has 3 fully saturated rings. The minimum absolute atomic E-state index is 0.0822. The van der Waals surface area contributed by atoms with Crippen LogP contribution in [0.4, 0.5) is 4.39 Å². The lowest BCUT2D eigenvalue weighted by Crippen LogP contribution is -2.67. The van der Waals surface area contributed by atoms with Crippen molar-refractivity contribution >= 4 is 0 Å². The van der Waals surface area contributed by atoms with E-state index in [9.17, 15) is 4.39 Å². The van der Waals surface area contributed by atoms with Crippen molar-refractivity contribution in [3.63, 3.8) is 0 Å².